The minimum absolute atomic E-state index is 0.110. The Morgan fingerprint density at radius 2 is 1.59 bits per heavy atom. The van der Waals surface area contributed by atoms with Gasteiger partial charge in [0.25, 0.3) is 0 Å². The first-order valence-electron chi connectivity index (χ1n) is 6.79. The molecule has 2 rings (SSSR count). The van der Waals surface area contributed by atoms with Gasteiger partial charge in [0.2, 0.25) is 0 Å². The maximum Gasteiger partial charge on any atom is 0.325 e. The van der Waals surface area contributed by atoms with Gasteiger partial charge in [0.1, 0.15) is 0 Å². The molecule has 0 N–H and O–H groups in total. The molecule has 0 bridgehead atoms. The third kappa shape index (κ3) is 3.60. The van der Waals surface area contributed by atoms with Crippen LogP contribution in [0.5, 0.6) is 0 Å². The second-order valence-corrected chi connectivity index (χ2v) is 4.36. The van der Waals surface area contributed by atoms with Gasteiger partial charge in [-0.15, -0.1) is 0 Å². The average molecular weight is 234 g/mol. The van der Waals surface area contributed by atoms with Crippen molar-refractivity contribution in [3.63, 3.8) is 0 Å². The summed E-state index contributed by atoms with van der Waals surface area (Å²) in [5.41, 5.74) is 3.89. The van der Waals surface area contributed by atoms with Crippen LogP contribution in [0.25, 0.3) is 0 Å². The molecular weight excluding hydrogens is 207 g/mol. The first-order chi connectivity index (χ1) is 8.00. The highest BCUT2D eigenvalue weighted by Crippen LogP contribution is 2.30. The molecule has 0 spiro atoms. The van der Waals surface area contributed by atoms with Gasteiger partial charge in [0.05, 0.1) is 5.60 Å². The van der Waals surface area contributed by atoms with Crippen LogP contribution in [0.15, 0.2) is 18.2 Å². The van der Waals surface area contributed by atoms with E-state index in [-0.39, 0.29) is 12.5 Å². The molecule has 1 aromatic carbocycles. The van der Waals surface area contributed by atoms with Crippen molar-refractivity contribution in [1.82, 2.24) is 0 Å². The minimum atomic E-state index is -0.110. The average Bonchev–Trinajstić information content (AvgIpc) is 2.55. The Labute approximate surface area is 108 Å². The summed E-state index contributed by atoms with van der Waals surface area (Å²) >= 11 is 0. The number of fused-ring (bicyclic) bond motifs is 1. The van der Waals surface area contributed by atoms with E-state index in [9.17, 15) is 0 Å². The van der Waals surface area contributed by atoms with Gasteiger partial charge >= 0.3 is 6.92 Å². The maximum atomic E-state index is 5.87. The van der Waals surface area contributed by atoms with Crippen LogP contribution in [0.2, 0.25) is 6.82 Å². The first kappa shape index (κ1) is 16.2. The smallest absolute Gasteiger partial charge is 0.325 e. The van der Waals surface area contributed by atoms with Crippen molar-refractivity contribution >= 4 is 12.4 Å². The molecule has 0 amide bonds. The van der Waals surface area contributed by atoms with E-state index >= 15 is 0 Å². The molecular formula is C15H27BO. The second-order valence-electron chi connectivity index (χ2n) is 4.36. The summed E-state index contributed by atoms with van der Waals surface area (Å²) in [4.78, 5) is 0. The number of hydrogen-bond donors (Lipinski definition) is 0. The van der Waals surface area contributed by atoms with Crippen molar-refractivity contribution in [2.45, 2.75) is 60.9 Å². The zero-order chi connectivity index (χ0) is 13.6. The molecule has 0 saturated heterocycles. The number of aryl methyl sites for hydroxylation is 1. The van der Waals surface area contributed by atoms with Crippen molar-refractivity contribution in [3.8, 4) is 0 Å². The molecule has 96 valence electrons. The van der Waals surface area contributed by atoms with E-state index in [1.54, 1.807) is 0 Å². The van der Waals surface area contributed by atoms with E-state index in [4.69, 9.17) is 4.65 Å². The summed E-state index contributed by atoms with van der Waals surface area (Å²) in [6, 6.07) is 6.57. The molecule has 1 aliphatic heterocycles. The highest BCUT2D eigenvalue weighted by molar-refractivity contribution is 6.67. The summed E-state index contributed by atoms with van der Waals surface area (Å²) in [7, 11) is 0. The molecule has 0 aromatic heterocycles. The van der Waals surface area contributed by atoms with Crippen LogP contribution in [-0.4, -0.2) is 6.92 Å². The van der Waals surface area contributed by atoms with Crippen LogP contribution in [-0.2, 0) is 10.3 Å². The maximum absolute atomic E-state index is 5.87. The van der Waals surface area contributed by atoms with Crippen LogP contribution in [0.4, 0.5) is 0 Å². The summed E-state index contributed by atoms with van der Waals surface area (Å²) in [5.74, 6) is 0. The van der Waals surface area contributed by atoms with Gasteiger partial charge in [-0.05, 0) is 31.8 Å². The van der Waals surface area contributed by atoms with Gasteiger partial charge in [0.15, 0.2) is 0 Å². The molecule has 0 radical (unpaired) electrons. The summed E-state index contributed by atoms with van der Waals surface area (Å²) in [6.45, 7) is 16.7. The lowest BCUT2D eigenvalue weighted by atomic mass is 9.64. The Morgan fingerprint density at radius 1 is 1.06 bits per heavy atom. The molecule has 1 aromatic rings. The molecule has 0 fully saturated rings. The molecule has 0 unspecified atom stereocenters. The van der Waals surface area contributed by atoms with Gasteiger partial charge in [-0.1, -0.05) is 58.3 Å². The number of hydrogen-bond acceptors (Lipinski definition) is 1. The van der Waals surface area contributed by atoms with E-state index in [2.05, 4.69) is 45.8 Å². The monoisotopic (exact) mass is 234 g/mol. The van der Waals surface area contributed by atoms with Crippen LogP contribution in [0.1, 0.15) is 52.7 Å². The standard InChI is InChI=1S/C11H15BO.2C2H6/c1-8-5-6-10-9(7-8)11(2,3)13-12(10)4;2*1-2/h5-7H,1-4H3;2*1-2H3. The molecule has 0 saturated carbocycles. The predicted molar refractivity (Wildman–Crippen MR) is 79.2 cm³/mol. The third-order valence-corrected chi connectivity index (χ3v) is 2.77. The SMILES string of the molecule is CB1OC(C)(C)c2cc(C)ccc21.CC.CC. The predicted octanol–water partition coefficient (Wildman–Crippen LogP) is 4.14. The first-order valence-corrected chi connectivity index (χ1v) is 6.79. The molecule has 17 heavy (non-hydrogen) atoms. The summed E-state index contributed by atoms with van der Waals surface area (Å²) in [5, 5.41) is 0. The summed E-state index contributed by atoms with van der Waals surface area (Å²) in [6.07, 6.45) is 0. The van der Waals surface area contributed by atoms with E-state index in [1.165, 1.54) is 16.6 Å². The van der Waals surface area contributed by atoms with Gasteiger partial charge in [-0.25, -0.2) is 0 Å². The molecule has 1 nitrogen and oxygen atoms in total. The van der Waals surface area contributed by atoms with Crippen LogP contribution in [0.3, 0.4) is 0 Å². The zero-order valence-electron chi connectivity index (χ0n) is 12.7. The quantitative estimate of drug-likeness (QED) is 0.613. The van der Waals surface area contributed by atoms with E-state index in [0.717, 1.165) is 0 Å². The Balaban J connectivity index is 0.000000581. The molecule has 1 heterocycles. The molecule has 1 aliphatic rings. The van der Waals surface area contributed by atoms with Gasteiger partial charge < -0.3 is 4.65 Å². The van der Waals surface area contributed by atoms with Gasteiger partial charge in [-0.2, -0.15) is 0 Å². The summed E-state index contributed by atoms with van der Waals surface area (Å²) < 4.78 is 5.87. The highest BCUT2D eigenvalue weighted by atomic mass is 16.5. The van der Waals surface area contributed by atoms with Crippen molar-refractivity contribution in [3.05, 3.63) is 29.3 Å². The van der Waals surface area contributed by atoms with E-state index < -0.39 is 0 Å². The fourth-order valence-electron chi connectivity index (χ4n) is 2.11. The largest absolute Gasteiger partial charge is 0.422 e. The minimum Gasteiger partial charge on any atom is -0.422 e. The van der Waals surface area contributed by atoms with Crippen molar-refractivity contribution in [2.75, 3.05) is 0 Å². The van der Waals surface area contributed by atoms with Crippen LogP contribution >= 0.6 is 0 Å². The highest BCUT2D eigenvalue weighted by Gasteiger charge is 2.37. The molecule has 2 heteroatoms. The van der Waals surface area contributed by atoms with Crippen molar-refractivity contribution in [1.29, 1.82) is 0 Å². The Bertz CT molecular complexity index is 345. The van der Waals surface area contributed by atoms with Crippen LogP contribution < -0.4 is 5.46 Å². The molecule has 0 atom stereocenters. The Kier molecular flexibility index (Phi) is 6.55. The third-order valence-electron chi connectivity index (χ3n) is 2.77. The van der Waals surface area contributed by atoms with E-state index in [0.29, 0.717) is 0 Å². The Hall–Kier alpha value is -0.755. The van der Waals surface area contributed by atoms with Crippen molar-refractivity contribution < 1.29 is 4.65 Å². The van der Waals surface area contributed by atoms with Gasteiger partial charge in [-0.3, -0.25) is 0 Å². The van der Waals surface area contributed by atoms with Gasteiger partial charge in [0, 0.05) is 0 Å². The lowest BCUT2D eigenvalue weighted by Crippen LogP contribution is -2.24. The van der Waals surface area contributed by atoms with Crippen LogP contribution in [0, 0.1) is 6.92 Å². The fraction of sp³-hybridized carbons (Fsp3) is 0.600. The van der Waals surface area contributed by atoms with E-state index in [1.807, 2.05) is 27.7 Å². The number of benzene rings is 1. The number of rotatable bonds is 0. The topological polar surface area (TPSA) is 9.23 Å². The second kappa shape index (κ2) is 6.85. The Morgan fingerprint density at radius 3 is 2.12 bits per heavy atom. The lowest BCUT2D eigenvalue weighted by Gasteiger charge is -2.20. The zero-order valence-corrected chi connectivity index (χ0v) is 12.7. The molecule has 0 aliphatic carbocycles. The lowest BCUT2D eigenvalue weighted by molar-refractivity contribution is 0.124. The van der Waals surface area contributed by atoms with Crippen molar-refractivity contribution in [2.24, 2.45) is 0 Å². The normalized spacial score (nSPS) is 15.2. The fourth-order valence-corrected chi connectivity index (χ4v) is 2.11.